The number of fused-ring (bicyclic) bond motifs is 1. The molecule has 11 heteroatoms. The van der Waals surface area contributed by atoms with Gasteiger partial charge in [-0.3, -0.25) is 18.8 Å². The maximum Gasteiger partial charge on any atom is 0.407 e. The molecule has 3 heterocycles. The highest BCUT2D eigenvalue weighted by Crippen LogP contribution is 2.28. The van der Waals surface area contributed by atoms with Crippen molar-refractivity contribution in [3.63, 3.8) is 0 Å². The highest BCUT2D eigenvalue weighted by Gasteiger charge is 2.35. The highest BCUT2D eigenvalue weighted by molar-refractivity contribution is 5.89. The molecule has 4 aromatic rings. The summed E-state index contributed by atoms with van der Waals surface area (Å²) in [5.74, 6) is 0.181. The first-order valence-electron chi connectivity index (χ1n) is 15.4. The molecular weight excluding hydrogens is 572 g/mol. The van der Waals surface area contributed by atoms with Crippen molar-refractivity contribution < 1.29 is 19.4 Å². The second-order valence-corrected chi connectivity index (χ2v) is 13.0. The lowest BCUT2D eigenvalue weighted by atomic mass is 9.90. The van der Waals surface area contributed by atoms with Crippen LogP contribution in [0.2, 0.25) is 0 Å². The SMILES string of the molecule is CC(CC(=O)N1CCC(O)(Cn2cnc3c(-c4ccc(CNC(=O)OC(C)(C)C)cc4)n(C)nc3c2=O)CC1)c1ccccc1. The van der Waals surface area contributed by atoms with E-state index in [0.717, 1.165) is 16.7 Å². The topological polar surface area (TPSA) is 132 Å². The zero-order valence-corrected chi connectivity index (χ0v) is 26.6. The van der Waals surface area contributed by atoms with Crippen LogP contribution in [0.15, 0.2) is 65.7 Å². The molecule has 0 bridgehead atoms. The molecule has 0 aliphatic carbocycles. The van der Waals surface area contributed by atoms with Crippen LogP contribution >= 0.6 is 0 Å². The molecule has 0 radical (unpaired) electrons. The molecule has 1 saturated heterocycles. The Morgan fingerprint density at radius 1 is 1.04 bits per heavy atom. The fourth-order valence-corrected chi connectivity index (χ4v) is 5.74. The lowest BCUT2D eigenvalue weighted by molar-refractivity contribution is -0.136. The first-order valence-corrected chi connectivity index (χ1v) is 15.4. The number of alkyl carbamates (subject to hydrolysis) is 1. The monoisotopic (exact) mass is 614 g/mol. The maximum atomic E-state index is 13.5. The Bertz CT molecular complexity index is 1710. The molecule has 2 N–H and O–H groups in total. The summed E-state index contributed by atoms with van der Waals surface area (Å²) in [6, 6.07) is 17.6. The number of rotatable bonds is 8. The Hall–Kier alpha value is -4.51. The van der Waals surface area contributed by atoms with Gasteiger partial charge in [0.05, 0.1) is 24.2 Å². The number of piperidine rings is 1. The average molecular weight is 615 g/mol. The standard InChI is InChI=1S/C34H42N6O5/c1-23(25-9-7-6-8-10-25)19-27(41)39-17-15-34(44,16-18-39)21-40-22-36-28-29(31(40)42)37-38(5)30(28)26-13-11-24(12-14-26)20-35-32(43)45-33(2,3)4/h6-14,22-23,44H,15-21H2,1-5H3,(H,35,43). The number of hydrogen-bond acceptors (Lipinski definition) is 7. The molecule has 45 heavy (non-hydrogen) atoms. The van der Waals surface area contributed by atoms with Crippen molar-refractivity contribution in [2.75, 3.05) is 13.1 Å². The van der Waals surface area contributed by atoms with E-state index < -0.39 is 17.3 Å². The normalized spacial score (nSPS) is 15.6. The molecular formula is C34H42N6O5. The first-order chi connectivity index (χ1) is 21.3. The summed E-state index contributed by atoms with van der Waals surface area (Å²) in [6.07, 6.45) is 2.13. The lowest BCUT2D eigenvalue weighted by Crippen LogP contribution is -2.49. The number of hydrogen-bond donors (Lipinski definition) is 2. The zero-order chi connectivity index (χ0) is 32.4. The number of aryl methyl sites for hydroxylation is 1. The predicted molar refractivity (Wildman–Crippen MR) is 172 cm³/mol. The smallest absolute Gasteiger partial charge is 0.407 e. The van der Waals surface area contributed by atoms with Gasteiger partial charge in [0.2, 0.25) is 5.91 Å². The van der Waals surface area contributed by atoms with Gasteiger partial charge < -0.3 is 20.1 Å². The Morgan fingerprint density at radius 3 is 2.36 bits per heavy atom. The number of nitrogens with zero attached hydrogens (tertiary/aromatic N) is 5. The van der Waals surface area contributed by atoms with Crippen molar-refractivity contribution in [3.8, 4) is 11.3 Å². The Kier molecular flexibility index (Phi) is 9.11. The van der Waals surface area contributed by atoms with Crippen molar-refractivity contribution in [2.45, 2.75) is 77.2 Å². The number of aromatic nitrogens is 4. The second kappa shape index (κ2) is 12.8. The van der Waals surface area contributed by atoms with Gasteiger partial charge in [0.25, 0.3) is 5.56 Å². The van der Waals surface area contributed by atoms with E-state index in [1.807, 2.05) is 87.2 Å². The van der Waals surface area contributed by atoms with Crippen LogP contribution in [0.4, 0.5) is 4.79 Å². The van der Waals surface area contributed by atoms with E-state index in [0.29, 0.717) is 50.1 Å². The van der Waals surface area contributed by atoms with E-state index in [1.165, 1.54) is 10.9 Å². The van der Waals surface area contributed by atoms with Crippen LogP contribution in [-0.2, 0) is 29.7 Å². The maximum absolute atomic E-state index is 13.5. The molecule has 1 aliphatic rings. The van der Waals surface area contributed by atoms with Crippen molar-refractivity contribution in [1.82, 2.24) is 29.5 Å². The average Bonchev–Trinajstić information content (AvgIpc) is 3.34. The molecule has 1 atom stereocenters. The van der Waals surface area contributed by atoms with Gasteiger partial charge in [-0.2, -0.15) is 5.10 Å². The predicted octanol–water partition coefficient (Wildman–Crippen LogP) is 4.37. The van der Waals surface area contributed by atoms with Gasteiger partial charge in [0.15, 0.2) is 5.52 Å². The van der Waals surface area contributed by atoms with Crippen LogP contribution in [-0.4, -0.2) is 65.6 Å². The molecule has 0 saturated carbocycles. The van der Waals surface area contributed by atoms with Crippen LogP contribution in [0.1, 0.15) is 64.0 Å². The third-order valence-electron chi connectivity index (χ3n) is 8.24. The second-order valence-electron chi connectivity index (χ2n) is 13.0. The quantitative estimate of drug-likeness (QED) is 0.301. The molecule has 2 aromatic heterocycles. The summed E-state index contributed by atoms with van der Waals surface area (Å²) in [5, 5.41) is 18.6. The number of nitrogens with one attached hydrogen (secondary N) is 1. The molecule has 2 aromatic carbocycles. The lowest BCUT2D eigenvalue weighted by Gasteiger charge is -2.38. The van der Waals surface area contributed by atoms with E-state index >= 15 is 0 Å². The number of carbonyl (C=O) groups excluding carboxylic acids is 2. The van der Waals surface area contributed by atoms with Crippen LogP contribution in [0, 0.1) is 0 Å². The van der Waals surface area contributed by atoms with Crippen LogP contribution in [0.3, 0.4) is 0 Å². The Balaban J connectivity index is 1.23. The van der Waals surface area contributed by atoms with Gasteiger partial charge in [0.1, 0.15) is 11.1 Å². The number of likely N-dealkylation sites (tertiary alicyclic amines) is 1. The van der Waals surface area contributed by atoms with E-state index in [1.54, 1.807) is 11.7 Å². The number of aliphatic hydroxyl groups is 1. The molecule has 11 nitrogen and oxygen atoms in total. The Morgan fingerprint density at radius 2 is 1.71 bits per heavy atom. The molecule has 5 rings (SSSR count). The third kappa shape index (κ3) is 7.59. The molecule has 0 spiro atoms. The van der Waals surface area contributed by atoms with Crippen LogP contribution < -0.4 is 10.9 Å². The van der Waals surface area contributed by atoms with Gasteiger partial charge in [-0.1, -0.05) is 61.5 Å². The number of ether oxygens (including phenoxy) is 1. The summed E-state index contributed by atoms with van der Waals surface area (Å²) < 4.78 is 8.34. The summed E-state index contributed by atoms with van der Waals surface area (Å²) in [6.45, 7) is 8.73. The number of benzene rings is 2. The van der Waals surface area contributed by atoms with E-state index in [4.69, 9.17) is 4.74 Å². The van der Waals surface area contributed by atoms with Crippen molar-refractivity contribution in [3.05, 3.63) is 82.4 Å². The van der Waals surface area contributed by atoms with E-state index in [9.17, 15) is 19.5 Å². The van der Waals surface area contributed by atoms with Crippen LogP contribution in [0.5, 0.6) is 0 Å². The summed E-state index contributed by atoms with van der Waals surface area (Å²) in [4.78, 5) is 44.8. The van der Waals surface area contributed by atoms with Gasteiger partial charge in [0, 0.05) is 38.7 Å². The van der Waals surface area contributed by atoms with Crippen molar-refractivity contribution in [2.24, 2.45) is 7.05 Å². The molecule has 2 amide bonds. The number of amides is 2. The third-order valence-corrected chi connectivity index (χ3v) is 8.24. The minimum Gasteiger partial charge on any atom is -0.444 e. The van der Waals surface area contributed by atoms with Gasteiger partial charge >= 0.3 is 6.09 Å². The minimum atomic E-state index is -1.14. The molecule has 1 unspecified atom stereocenters. The first kappa shape index (κ1) is 31.9. The van der Waals surface area contributed by atoms with Gasteiger partial charge in [-0.05, 0) is 50.7 Å². The molecule has 1 fully saturated rings. The van der Waals surface area contributed by atoms with Gasteiger partial charge in [-0.15, -0.1) is 0 Å². The Labute approximate surface area is 262 Å². The summed E-state index contributed by atoms with van der Waals surface area (Å²) in [5.41, 5.74) is 2.18. The molecule has 1 aliphatic heterocycles. The minimum absolute atomic E-state index is 0.0713. The van der Waals surface area contributed by atoms with Crippen LogP contribution in [0.25, 0.3) is 22.3 Å². The van der Waals surface area contributed by atoms with Gasteiger partial charge in [-0.25, -0.2) is 9.78 Å². The fraction of sp³-hybridized carbons (Fsp3) is 0.441. The van der Waals surface area contributed by atoms with Crippen molar-refractivity contribution >= 4 is 23.0 Å². The zero-order valence-electron chi connectivity index (χ0n) is 26.6. The molecule has 238 valence electrons. The highest BCUT2D eigenvalue weighted by atomic mass is 16.6. The summed E-state index contributed by atoms with van der Waals surface area (Å²) in [7, 11) is 1.76. The number of carbonyl (C=O) groups is 2. The largest absolute Gasteiger partial charge is 0.444 e. The van der Waals surface area contributed by atoms with Crippen molar-refractivity contribution in [1.29, 1.82) is 0 Å². The fourth-order valence-electron chi connectivity index (χ4n) is 5.74. The van der Waals surface area contributed by atoms with E-state index in [-0.39, 0.29) is 29.4 Å². The van der Waals surface area contributed by atoms with E-state index in [2.05, 4.69) is 15.4 Å². The summed E-state index contributed by atoms with van der Waals surface area (Å²) >= 11 is 0.